The third-order valence-corrected chi connectivity index (χ3v) is 27.5. The molecule has 10 nitrogen and oxygen atoms in total. The lowest BCUT2D eigenvalue weighted by Crippen LogP contribution is -2.07. The molecule has 0 radical (unpaired) electrons. The SMILES string of the molecule is Cc1ccc(-c2ccc3c(c2)c2cc(-c4ccc(C)cc4)ccc2n3-c2cc(C#N)cc(-n3c4ccc(-c5ccc(C)cc5)cc4c4cc(-c5ccc(C)cc5)ccc43)c2-c2nc(C)cc(C)n2)cc1.Cc1ccc(-c2ccc3c(c2)c2ccccc2n3-c2cc(C#N)cc(-n3c4ccccc4c4cc(-c5ccc(C)cc5C)ccc43)c2-c2nc(-c3ccccc3)cc(-c3ccccc3)n2)c(C)c1. The van der Waals surface area contributed by atoms with E-state index in [9.17, 15) is 10.5 Å². The summed E-state index contributed by atoms with van der Waals surface area (Å²) in [6, 6.07) is 144. The summed E-state index contributed by atoms with van der Waals surface area (Å²) in [7, 11) is 0. The van der Waals surface area contributed by atoms with Gasteiger partial charge in [0.1, 0.15) is 0 Å². The lowest BCUT2D eigenvalue weighted by molar-refractivity contribution is 1.04. The predicted molar refractivity (Wildman–Crippen MR) is 573 cm³/mol. The van der Waals surface area contributed by atoms with E-state index in [0.717, 1.165) is 211 Å². The number of hydrogen-bond donors (Lipinski definition) is 0. The van der Waals surface area contributed by atoms with Crippen LogP contribution < -0.4 is 0 Å². The van der Waals surface area contributed by atoms with Gasteiger partial charge >= 0.3 is 0 Å². The number of fused-ring (bicyclic) bond motifs is 12. The summed E-state index contributed by atoms with van der Waals surface area (Å²) in [6.45, 7) is 21.2. The molecule has 0 spiro atoms. The van der Waals surface area contributed by atoms with E-state index in [4.69, 9.17) is 19.9 Å². The fraction of sp³-hybridized carbons (Fsp3) is 0.0781. The van der Waals surface area contributed by atoms with Crippen LogP contribution in [0.1, 0.15) is 67.0 Å². The van der Waals surface area contributed by atoms with E-state index in [1.54, 1.807) is 0 Å². The van der Waals surface area contributed by atoms with Gasteiger partial charge in [-0.05, 0) is 268 Å². The molecule has 6 aromatic heterocycles. The number of hydrogen-bond acceptors (Lipinski definition) is 6. The van der Waals surface area contributed by atoms with Crippen molar-refractivity contribution in [1.82, 2.24) is 38.2 Å². The molecular weight excluding hydrogens is 1680 g/mol. The smallest absolute Gasteiger partial charge is 0.164 e. The van der Waals surface area contributed by atoms with Crippen LogP contribution in [0.3, 0.4) is 0 Å². The number of rotatable bonds is 14. The first-order valence-electron chi connectivity index (χ1n) is 47.0. The summed E-state index contributed by atoms with van der Waals surface area (Å²) in [5, 5.41) is 31.1. The van der Waals surface area contributed by atoms with Crippen LogP contribution in [-0.4, -0.2) is 38.2 Å². The van der Waals surface area contributed by atoms with Crippen molar-refractivity contribution in [3.8, 4) is 147 Å². The molecule has 0 atom stereocenters. The molecule has 0 fully saturated rings. The van der Waals surface area contributed by atoms with Gasteiger partial charge in [0.05, 0.1) is 113 Å². The number of nitriles is 2. The van der Waals surface area contributed by atoms with Gasteiger partial charge in [-0.3, -0.25) is 0 Å². The van der Waals surface area contributed by atoms with Crippen LogP contribution in [0, 0.1) is 91.9 Å². The predicted octanol–water partition coefficient (Wildman–Crippen LogP) is 32.8. The van der Waals surface area contributed by atoms with Gasteiger partial charge in [-0.25, -0.2) is 19.9 Å². The summed E-state index contributed by atoms with van der Waals surface area (Å²) in [4.78, 5) is 21.6. The Labute approximate surface area is 801 Å². The maximum atomic E-state index is 11.1. The molecule has 0 aliphatic rings. The highest BCUT2D eigenvalue weighted by Gasteiger charge is 2.30. The molecule has 138 heavy (non-hydrogen) atoms. The quantitative estimate of drug-likeness (QED) is 0.107. The minimum atomic E-state index is 0.525. The normalized spacial score (nSPS) is 11.5. The molecule has 24 aromatic rings. The molecular formula is C128H94N10. The summed E-state index contributed by atoms with van der Waals surface area (Å²) in [6.07, 6.45) is 0. The van der Waals surface area contributed by atoms with Crippen molar-refractivity contribution in [3.63, 3.8) is 0 Å². The minimum Gasteiger partial charge on any atom is -0.308 e. The first-order valence-corrected chi connectivity index (χ1v) is 47.0. The Morgan fingerprint density at radius 3 is 0.754 bits per heavy atom. The van der Waals surface area contributed by atoms with Crippen molar-refractivity contribution in [3.05, 3.63) is 455 Å². The van der Waals surface area contributed by atoms with E-state index < -0.39 is 0 Å². The average Bonchev–Trinajstić information content (AvgIpc) is 1.56. The van der Waals surface area contributed by atoms with Crippen molar-refractivity contribution in [2.75, 3.05) is 0 Å². The Balaban J connectivity index is 0.000000155. The number of aromatic nitrogens is 8. The molecule has 18 aromatic carbocycles. The fourth-order valence-electron chi connectivity index (χ4n) is 20.8. The lowest BCUT2D eigenvalue weighted by atomic mass is 9.97. The first kappa shape index (κ1) is 84.6. The van der Waals surface area contributed by atoms with Crippen LogP contribution in [0.5, 0.6) is 0 Å². The van der Waals surface area contributed by atoms with Crippen molar-refractivity contribution in [2.45, 2.75) is 69.2 Å². The largest absolute Gasteiger partial charge is 0.308 e. The lowest BCUT2D eigenvalue weighted by Gasteiger charge is -2.21. The van der Waals surface area contributed by atoms with Crippen molar-refractivity contribution >= 4 is 87.2 Å². The molecule has 24 rings (SSSR count). The van der Waals surface area contributed by atoms with Crippen LogP contribution >= 0.6 is 0 Å². The van der Waals surface area contributed by atoms with Gasteiger partial charge in [0.2, 0.25) is 0 Å². The molecule has 0 amide bonds. The molecule has 10 heteroatoms. The Kier molecular flexibility index (Phi) is 21.1. The van der Waals surface area contributed by atoms with Crippen molar-refractivity contribution < 1.29 is 0 Å². The van der Waals surface area contributed by atoms with E-state index in [-0.39, 0.29) is 0 Å². The van der Waals surface area contributed by atoms with Crippen molar-refractivity contribution in [1.29, 1.82) is 10.5 Å². The zero-order valence-electron chi connectivity index (χ0n) is 78.4. The summed E-state index contributed by atoms with van der Waals surface area (Å²) in [5.41, 5.74) is 43.1. The highest BCUT2D eigenvalue weighted by atomic mass is 15.1. The second-order valence-electron chi connectivity index (χ2n) is 37.0. The summed E-state index contributed by atoms with van der Waals surface area (Å²) < 4.78 is 9.32. The Bertz CT molecular complexity index is 8460. The molecule has 0 bridgehead atoms. The maximum absolute atomic E-state index is 11.1. The third kappa shape index (κ3) is 15.1. The molecule has 6 heterocycles. The van der Waals surface area contributed by atoms with Gasteiger partial charge in [0.25, 0.3) is 0 Å². The zero-order valence-corrected chi connectivity index (χ0v) is 78.4. The van der Waals surface area contributed by atoms with Crippen LogP contribution in [0.2, 0.25) is 0 Å². The monoisotopic (exact) mass is 1770 g/mol. The van der Waals surface area contributed by atoms with E-state index >= 15 is 0 Å². The van der Waals surface area contributed by atoms with Gasteiger partial charge in [0, 0.05) is 65.6 Å². The average molecular weight is 1770 g/mol. The number of benzene rings is 18. The van der Waals surface area contributed by atoms with E-state index in [2.05, 4.69) is 407 Å². The molecule has 0 saturated carbocycles. The van der Waals surface area contributed by atoms with Gasteiger partial charge in [-0.2, -0.15) is 10.5 Å². The molecule has 0 saturated heterocycles. The van der Waals surface area contributed by atoms with E-state index in [1.165, 1.54) is 55.6 Å². The molecule has 0 unspecified atom stereocenters. The maximum Gasteiger partial charge on any atom is 0.164 e. The van der Waals surface area contributed by atoms with Crippen molar-refractivity contribution in [2.24, 2.45) is 0 Å². The first-order chi connectivity index (χ1) is 67.4. The molecule has 656 valence electrons. The third-order valence-electron chi connectivity index (χ3n) is 27.5. The number of para-hydroxylation sites is 2. The summed E-state index contributed by atoms with van der Waals surface area (Å²) >= 11 is 0. The Hall–Kier alpha value is -17.7. The number of nitrogens with zero attached hydrogens (tertiary/aromatic N) is 10. The van der Waals surface area contributed by atoms with E-state index in [0.29, 0.717) is 22.8 Å². The fourth-order valence-corrected chi connectivity index (χ4v) is 20.8. The van der Waals surface area contributed by atoms with Crippen LogP contribution in [0.15, 0.2) is 388 Å². The standard InChI is InChI=1S/C65H49N5.C63H45N5/c1-39-7-15-46(16-8-39)50-23-27-58-54(34-50)55-35-51(47-17-9-40(2)10-18-47)24-28-59(55)69(58)62-32-45(38-66)33-63(64(62)65-67-43(5)31-44(6)68-65)70-60-29-25-52(48-19-11-41(3)12-20-48)36-56(60)57-37-53(26-30-61(57)70)49-21-13-42(4)14-22-49;1-39-23-27-48(41(3)31-39)46-25-29-58-52(35-46)50-19-11-13-21-56(50)67(58)60-33-43(38-64)34-61(62(60)63-65-54(44-15-7-5-8-16-44)37-55(66-63)45-17-9-6-10-18-45)68-57-22-14-12-20-51(57)53-36-47(26-30-59(53)68)49-28-24-40(2)32-42(49)4/h7-37H,1-6H3;5-37H,1-4H3. The van der Waals surface area contributed by atoms with Crippen LogP contribution in [0.4, 0.5) is 0 Å². The number of aryl methyl sites for hydroxylation is 10. The van der Waals surface area contributed by atoms with Gasteiger partial charge in [-0.15, -0.1) is 0 Å². The van der Waals surface area contributed by atoms with Gasteiger partial charge in [-0.1, -0.05) is 300 Å². The topological polar surface area (TPSA) is 119 Å². The summed E-state index contributed by atoms with van der Waals surface area (Å²) in [5.74, 6) is 1.15. The van der Waals surface area contributed by atoms with Gasteiger partial charge in [0.15, 0.2) is 11.6 Å². The molecule has 0 aliphatic carbocycles. The highest BCUT2D eigenvalue weighted by Crippen LogP contribution is 2.49. The minimum absolute atomic E-state index is 0.525. The van der Waals surface area contributed by atoms with E-state index in [1.807, 2.05) is 80.6 Å². The Morgan fingerprint density at radius 2 is 0.449 bits per heavy atom. The Morgan fingerprint density at radius 1 is 0.196 bits per heavy atom. The zero-order chi connectivity index (χ0) is 93.8. The molecule has 0 aliphatic heterocycles. The second kappa shape index (κ2) is 34.4. The highest BCUT2D eigenvalue weighted by molar-refractivity contribution is 6.17. The van der Waals surface area contributed by atoms with Gasteiger partial charge < -0.3 is 18.3 Å². The second-order valence-corrected chi connectivity index (χ2v) is 37.0. The van der Waals surface area contributed by atoms with Crippen LogP contribution in [-0.2, 0) is 0 Å². The molecule has 0 N–H and O–H groups in total. The van der Waals surface area contributed by atoms with Crippen LogP contribution in [0.25, 0.3) is 222 Å².